The molecule has 0 aliphatic carbocycles. The highest BCUT2D eigenvalue weighted by Crippen LogP contribution is 2.25. The van der Waals surface area contributed by atoms with Gasteiger partial charge in [0.2, 0.25) is 6.41 Å². The Hall–Kier alpha value is -3.13. The number of nitrogens with one attached hydrogen (secondary N) is 1. The summed E-state index contributed by atoms with van der Waals surface area (Å²) in [6.07, 6.45) is 8.33. The first-order valence-electron chi connectivity index (χ1n) is 13.9. The predicted molar refractivity (Wildman–Crippen MR) is 148 cm³/mol. The van der Waals surface area contributed by atoms with Crippen molar-refractivity contribution in [3.8, 4) is 5.69 Å². The summed E-state index contributed by atoms with van der Waals surface area (Å²) in [5.74, 6) is 0.674. The molecule has 1 aromatic heterocycles. The van der Waals surface area contributed by atoms with E-state index in [9.17, 15) is 14.0 Å². The number of benzene rings is 1. The summed E-state index contributed by atoms with van der Waals surface area (Å²) in [5.41, 5.74) is 3.65. The lowest BCUT2D eigenvalue weighted by atomic mass is 9.89. The van der Waals surface area contributed by atoms with Gasteiger partial charge in [-0.2, -0.15) is 0 Å². The van der Waals surface area contributed by atoms with Crippen molar-refractivity contribution in [2.45, 2.75) is 46.1 Å². The summed E-state index contributed by atoms with van der Waals surface area (Å²) in [4.78, 5) is 30.4. The van der Waals surface area contributed by atoms with E-state index in [-0.39, 0.29) is 11.9 Å². The summed E-state index contributed by atoms with van der Waals surface area (Å²) in [5, 5.41) is 5.65. The Morgan fingerprint density at radius 1 is 1.21 bits per heavy atom. The van der Waals surface area contributed by atoms with Crippen molar-refractivity contribution in [3.63, 3.8) is 0 Å². The fourth-order valence-electron chi connectivity index (χ4n) is 6.14. The Kier molecular flexibility index (Phi) is 7.61. The monoisotopic (exact) mass is 521 g/mol. The minimum absolute atomic E-state index is 0.00990. The smallest absolute Gasteiger partial charge is 0.256 e. The summed E-state index contributed by atoms with van der Waals surface area (Å²) >= 11 is 0. The highest BCUT2D eigenvalue weighted by atomic mass is 19.1. The standard InChI is InChI=1S/C30H40FN5O2/c1-20(2)33(4)30(38)26-12-25(31)5-6-27(26)36-18-24(29-21(3)13-32-14-28(29)36)11-23-16-35(17-23)15-22-7-9-34(19-37)10-8-22/h5-6,12,14,18-20,22-23,32H,7-11,13,15-17H2,1-4H3. The number of carbonyl (C=O) groups excluding carboxylic acids is 2. The first-order valence-corrected chi connectivity index (χ1v) is 13.9. The molecule has 3 aliphatic heterocycles. The van der Waals surface area contributed by atoms with Gasteiger partial charge in [0.15, 0.2) is 0 Å². The lowest BCUT2D eigenvalue weighted by molar-refractivity contribution is -0.119. The number of rotatable bonds is 8. The van der Waals surface area contributed by atoms with E-state index in [2.05, 4.69) is 27.9 Å². The number of piperidine rings is 1. The Morgan fingerprint density at radius 3 is 2.63 bits per heavy atom. The molecule has 2 saturated heterocycles. The molecule has 3 aliphatic rings. The molecule has 2 fully saturated rings. The zero-order valence-electron chi connectivity index (χ0n) is 23.0. The van der Waals surface area contributed by atoms with E-state index in [4.69, 9.17) is 0 Å². The van der Waals surface area contributed by atoms with E-state index in [0.29, 0.717) is 23.1 Å². The second kappa shape index (κ2) is 10.9. The molecule has 8 heteroatoms. The summed E-state index contributed by atoms with van der Waals surface area (Å²) in [6, 6.07) is 4.53. The largest absolute Gasteiger partial charge is 0.385 e. The second-order valence-corrected chi connectivity index (χ2v) is 11.6. The number of hydrogen-bond acceptors (Lipinski definition) is 4. The molecule has 0 unspecified atom stereocenters. The molecule has 0 saturated carbocycles. The summed E-state index contributed by atoms with van der Waals surface area (Å²) < 4.78 is 16.4. The molecular formula is C30H40FN5O2. The van der Waals surface area contributed by atoms with Gasteiger partial charge in [-0.05, 0) is 81.2 Å². The van der Waals surface area contributed by atoms with E-state index >= 15 is 0 Å². The molecule has 2 amide bonds. The minimum atomic E-state index is -0.410. The molecule has 1 aromatic carbocycles. The van der Waals surface area contributed by atoms with Crippen molar-refractivity contribution in [3.05, 3.63) is 51.9 Å². The highest BCUT2D eigenvalue weighted by Gasteiger charge is 2.31. The lowest BCUT2D eigenvalue weighted by Gasteiger charge is -2.42. The first kappa shape index (κ1) is 26.5. The normalized spacial score (nSPS) is 18.6. The molecule has 2 aromatic rings. The maximum atomic E-state index is 14.3. The lowest BCUT2D eigenvalue weighted by Crippen LogP contribution is -2.51. The van der Waals surface area contributed by atoms with Gasteiger partial charge < -0.3 is 24.6 Å². The number of aromatic nitrogens is 1. The van der Waals surface area contributed by atoms with Gasteiger partial charge in [-0.1, -0.05) is 0 Å². The van der Waals surface area contributed by atoms with E-state index in [1.54, 1.807) is 18.0 Å². The average Bonchev–Trinajstić information content (AvgIpc) is 3.26. The van der Waals surface area contributed by atoms with Crippen LogP contribution in [0.2, 0.25) is 0 Å². The van der Waals surface area contributed by atoms with Gasteiger partial charge in [0.05, 0.1) is 16.6 Å². The van der Waals surface area contributed by atoms with Crippen LogP contribution in [0.15, 0.2) is 24.4 Å². The Labute approximate surface area is 224 Å². The molecule has 0 atom stereocenters. The minimum Gasteiger partial charge on any atom is -0.385 e. The van der Waals surface area contributed by atoms with E-state index < -0.39 is 5.82 Å². The maximum Gasteiger partial charge on any atom is 0.256 e. The zero-order chi connectivity index (χ0) is 27.0. The van der Waals surface area contributed by atoms with Gasteiger partial charge in [0.1, 0.15) is 5.82 Å². The SMILES string of the molecule is CC1=c2c(CC3CN(CC4CCN(C=O)CC4)C3)cn(-c3ccc(F)cc3C(=O)N(C)C(C)C)c2=CNC1. The van der Waals surface area contributed by atoms with Crippen LogP contribution in [0.5, 0.6) is 0 Å². The van der Waals surface area contributed by atoms with Crippen molar-refractivity contribution < 1.29 is 14.0 Å². The van der Waals surface area contributed by atoms with Crippen LogP contribution in [0.1, 0.15) is 49.5 Å². The molecule has 0 spiro atoms. The molecule has 38 heavy (non-hydrogen) atoms. The van der Waals surface area contributed by atoms with Gasteiger partial charge in [0.25, 0.3) is 5.91 Å². The molecular weight excluding hydrogens is 481 g/mol. The van der Waals surface area contributed by atoms with Crippen LogP contribution in [0.25, 0.3) is 17.5 Å². The second-order valence-electron chi connectivity index (χ2n) is 11.6. The van der Waals surface area contributed by atoms with Crippen molar-refractivity contribution >= 4 is 24.1 Å². The molecule has 1 N–H and O–H groups in total. The van der Waals surface area contributed by atoms with Gasteiger partial charge in [-0.25, -0.2) is 4.39 Å². The third-order valence-electron chi connectivity index (χ3n) is 8.55. The fraction of sp³-hybridized carbons (Fsp3) is 0.533. The number of halogens is 1. The van der Waals surface area contributed by atoms with Crippen LogP contribution in [0, 0.1) is 17.7 Å². The van der Waals surface area contributed by atoms with Crippen LogP contribution in [0.3, 0.4) is 0 Å². The Balaban J connectivity index is 1.37. The van der Waals surface area contributed by atoms with Crippen LogP contribution >= 0.6 is 0 Å². The van der Waals surface area contributed by atoms with Gasteiger partial charge in [0, 0.05) is 70.0 Å². The van der Waals surface area contributed by atoms with Gasteiger partial charge >= 0.3 is 0 Å². The van der Waals surface area contributed by atoms with Gasteiger partial charge in [-0.3, -0.25) is 9.59 Å². The summed E-state index contributed by atoms with van der Waals surface area (Å²) in [7, 11) is 1.76. The average molecular weight is 522 g/mol. The van der Waals surface area contributed by atoms with Crippen molar-refractivity contribution in [1.29, 1.82) is 0 Å². The van der Waals surface area contributed by atoms with E-state index in [1.807, 2.05) is 24.9 Å². The predicted octanol–water partition coefficient (Wildman–Crippen LogP) is 1.95. The van der Waals surface area contributed by atoms with Crippen molar-refractivity contribution in [1.82, 2.24) is 24.6 Å². The molecule has 0 bridgehead atoms. The van der Waals surface area contributed by atoms with Crippen molar-refractivity contribution in [2.24, 2.45) is 11.8 Å². The number of likely N-dealkylation sites (tertiary alicyclic amines) is 2. The quantitative estimate of drug-likeness (QED) is 0.540. The van der Waals surface area contributed by atoms with Gasteiger partial charge in [-0.15, -0.1) is 0 Å². The number of amides is 2. The maximum absolute atomic E-state index is 14.3. The molecule has 7 nitrogen and oxygen atoms in total. The number of hydrogen-bond donors (Lipinski definition) is 1. The zero-order valence-corrected chi connectivity index (χ0v) is 23.0. The van der Waals surface area contributed by atoms with Crippen LogP contribution < -0.4 is 15.9 Å². The highest BCUT2D eigenvalue weighted by molar-refractivity contribution is 5.98. The topological polar surface area (TPSA) is 60.8 Å². The summed E-state index contributed by atoms with van der Waals surface area (Å²) in [6.45, 7) is 11.9. The van der Waals surface area contributed by atoms with Crippen LogP contribution in [-0.2, 0) is 11.2 Å². The number of carbonyl (C=O) groups is 2. The number of fused-ring (bicyclic) bond motifs is 1. The van der Waals surface area contributed by atoms with Crippen LogP contribution in [0.4, 0.5) is 4.39 Å². The molecule has 4 heterocycles. The Morgan fingerprint density at radius 2 is 1.95 bits per heavy atom. The molecule has 204 valence electrons. The third-order valence-corrected chi connectivity index (χ3v) is 8.55. The van der Waals surface area contributed by atoms with E-state index in [1.165, 1.54) is 28.5 Å². The fourth-order valence-corrected chi connectivity index (χ4v) is 6.14. The Bertz CT molecular complexity index is 1320. The number of nitrogens with zero attached hydrogens (tertiary/aromatic N) is 4. The first-order chi connectivity index (χ1) is 18.2. The van der Waals surface area contributed by atoms with Crippen LogP contribution in [-0.4, -0.2) is 83.9 Å². The molecule has 5 rings (SSSR count). The third kappa shape index (κ3) is 5.23. The van der Waals surface area contributed by atoms with E-state index in [0.717, 1.165) is 70.3 Å². The van der Waals surface area contributed by atoms with Crippen molar-refractivity contribution in [2.75, 3.05) is 46.3 Å². The molecule has 0 radical (unpaired) electrons.